The molecule has 4 rings (SSSR count). The lowest BCUT2D eigenvalue weighted by molar-refractivity contribution is -0.137. The first-order valence-corrected chi connectivity index (χ1v) is 8.95. The summed E-state index contributed by atoms with van der Waals surface area (Å²) in [5, 5.41) is 4.15. The Morgan fingerprint density at radius 2 is 1.66 bits per heavy atom. The van der Waals surface area contributed by atoms with Gasteiger partial charge in [0.1, 0.15) is 12.1 Å². The van der Waals surface area contributed by atoms with E-state index in [0.717, 1.165) is 18.0 Å². The predicted molar refractivity (Wildman–Crippen MR) is 98.7 cm³/mol. The molecule has 0 atom stereocenters. The van der Waals surface area contributed by atoms with Crippen molar-refractivity contribution in [3.05, 3.63) is 66.2 Å². The summed E-state index contributed by atoms with van der Waals surface area (Å²) in [7, 11) is 0. The molecule has 1 saturated heterocycles. The molecule has 10 heteroatoms. The maximum Gasteiger partial charge on any atom is 0.416 e. The van der Waals surface area contributed by atoms with Gasteiger partial charge in [-0.15, -0.1) is 0 Å². The molecule has 3 heterocycles. The lowest BCUT2D eigenvalue weighted by Gasteiger charge is -2.35. The fourth-order valence-corrected chi connectivity index (χ4v) is 3.16. The van der Waals surface area contributed by atoms with Crippen LogP contribution in [-0.4, -0.2) is 56.7 Å². The quantitative estimate of drug-likeness (QED) is 0.674. The predicted octanol–water partition coefficient (Wildman–Crippen LogP) is 2.64. The Balaban J connectivity index is 1.40. The van der Waals surface area contributed by atoms with Crippen LogP contribution in [0.2, 0.25) is 0 Å². The summed E-state index contributed by atoms with van der Waals surface area (Å²) in [4.78, 5) is 24.8. The van der Waals surface area contributed by atoms with E-state index in [4.69, 9.17) is 0 Å². The van der Waals surface area contributed by atoms with Crippen molar-refractivity contribution in [1.82, 2.24) is 24.6 Å². The van der Waals surface area contributed by atoms with E-state index < -0.39 is 11.7 Å². The summed E-state index contributed by atoms with van der Waals surface area (Å²) in [6, 6.07) is 7.92. The monoisotopic (exact) mass is 402 g/mol. The molecule has 0 radical (unpaired) electrons. The number of carbonyl (C=O) groups is 1. The molecule has 1 fully saturated rings. The minimum absolute atomic E-state index is 0.245. The number of aromatic nitrogens is 4. The Bertz CT molecular complexity index is 980. The third kappa shape index (κ3) is 4.05. The van der Waals surface area contributed by atoms with Crippen LogP contribution in [-0.2, 0) is 6.18 Å². The average molecular weight is 402 g/mol. The standard InChI is InChI=1S/C19H17F3N6O/c20-19(21,22)15-4-2-14(3-5-15)18(29)27-10-8-26(9-11-27)16-12-17(24-13-23-16)28-7-1-6-25-28/h1-7,12-13H,8-11H2. The van der Waals surface area contributed by atoms with Crippen LogP contribution in [0, 0.1) is 0 Å². The van der Waals surface area contributed by atoms with Gasteiger partial charge in [-0.25, -0.2) is 14.6 Å². The summed E-state index contributed by atoms with van der Waals surface area (Å²) in [6.07, 6.45) is 0.492. The number of benzene rings is 1. The zero-order chi connectivity index (χ0) is 20.4. The number of anilines is 1. The van der Waals surface area contributed by atoms with E-state index >= 15 is 0 Å². The van der Waals surface area contributed by atoms with E-state index in [-0.39, 0.29) is 11.5 Å². The maximum atomic E-state index is 12.7. The van der Waals surface area contributed by atoms with Crippen LogP contribution in [0.1, 0.15) is 15.9 Å². The van der Waals surface area contributed by atoms with E-state index in [1.165, 1.54) is 18.5 Å². The van der Waals surface area contributed by atoms with Gasteiger partial charge in [-0.3, -0.25) is 4.79 Å². The summed E-state index contributed by atoms with van der Waals surface area (Å²) in [5.41, 5.74) is -0.523. The topological polar surface area (TPSA) is 67.2 Å². The summed E-state index contributed by atoms with van der Waals surface area (Å²) < 4.78 is 39.7. The van der Waals surface area contributed by atoms with E-state index in [1.54, 1.807) is 28.0 Å². The number of nitrogens with zero attached hydrogens (tertiary/aromatic N) is 6. The zero-order valence-corrected chi connectivity index (χ0v) is 15.3. The van der Waals surface area contributed by atoms with Crippen LogP contribution in [0.15, 0.2) is 55.1 Å². The minimum Gasteiger partial charge on any atom is -0.353 e. The fourth-order valence-electron chi connectivity index (χ4n) is 3.16. The fraction of sp³-hybridized carbons (Fsp3) is 0.263. The van der Waals surface area contributed by atoms with Gasteiger partial charge >= 0.3 is 6.18 Å². The van der Waals surface area contributed by atoms with Gasteiger partial charge in [-0.2, -0.15) is 18.3 Å². The van der Waals surface area contributed by atoms with E-state index in [0.29, 0.717) is 32.0 Å². The van der Waals surface area contributed by atoms with Crippen molar-refractivity contribution in [2.24, 2.45) is 0 Å². The normalized spacial score (nSPS) is 14.9. The van der Waals surface area contributed by atoms with Crippen molar-refractivity contribution in [2.75, 3.05) is 31.1 Å². The first kappa shape index (κ1) is 18.9. The molecule has 1 aliphatic heterocycles. The summed E-state index contributed by atoms with van der Waals surface area (Å²) >= 11 is 0. The third-order valence-corrected chi connectivity index (χ3v) is 4.73. The van der Waals surface area contributed by atoms with Gasteiger partial charge in [0.2, 0.25) is 0 Å². The van der Waals surface area contributed by atoms with Crippen molar-refractivity contribution < 1.29 is 18.0 Å². The molecular formula is C19H17F3N6O. The third-order valence-electron chi connectivity index (χ3n) is 4.73. The Hall–Kier alpha value is -3.43. The average Bonchev–Trinajstić information content (AvgIpc) is 3.28. The van der Waals surface area contributed by atoms with Crippen LogP contribution < -0.4 is 4.90 Å². The second-order valence-electron chi connectivity index (χ2n) is 6.54. The number of alkyl halides is 3. The Kier molecular flexibility index (Phi) is 4.91. The van der Waals surface area contributed by atoms with Crippen molar-refractivity contribution >= 4 is 11.7 Å². The second-order valence-corrected chi connectivity index (χ2v) is 6.54. The molecule has 1 amide bonds. The van der Waals surface area contributed by atoms with Gasteiger partial charge in [0.05, 0.1) is 5.56 Å². The highest BCUT2D eigenvalue weighted by atomic mass is 19.4. The van der Waals surface area contributed by atoms with E-state index in [1.807, 2.05) is 11.0 Å². The van der Waals surface area contributed by atoms with Gasteiger partial charge in [-0.1, -0.05) is 0 Å². The molecule has 0 unspecified atom stereocenters. The highest BCUT2D eigenvalue weighted by Gasteiger charge is 2.30. The maximum absolute atomic E-state index is 12.7. The van der Waals surface area contributed by atoms with Crippen molar-refractivity contribution in [3.63, 3.8) is 0 Å². The number of carbonyl (C=O) groups excluding carboxylic acids is 1. The number of hydrogen-bond acceptors (Lipinski definition) is 5. The molecule has 0 N–H and O–H groups in total. The molecule has 3 aromatic rings. The number of rotatable bonds is 3. The van der Waals surface area contributed by atoms with E-state index in [9.17, 15) is 18.0 Å². The van der Waals surface area contributed by atoms with Crippen LogP contribution in [0.3, 0.4) is 0 Å². The Morgan fingerprint density at radius 3 is 2.28 bits per heavy atom. The van der Waals surface area contributed by atoms with Crippen LogP contribution in [0.5, 0.6) is 0 Å². The van der Waals surface area contributed by atoms with Crippen LogP contribution >= 0.6 is 0 Å². The molecule has 0 saturated carbocycles. The zero-order valence-electron chi connectivity index (χ0n) is 15.3. The van der Waals surface area contributed by atoms with Crippen molar-refractivity contribution in [2.45, 2.75) is 6.18 Å². The highest BCUT2D eigenvalue weighted by Crippen LogP contribution is 2.29. The molecule has 150 valence electrons. The summed E-state index contributed by atoms with van der Waals surface area (Å²) in [6.45, 7) is 2.01. The van der Waals surface area contributed by atoms with Gasteiger partial charge in [0.25, 0.3) is 5.91 Å². The molecule has 0 aliphatic carbocycles. The first-order chi connectivity index (χ1) is 13.9. The number of amides is 1. The van der Waals surface area contributed by atoms with Gasteiger partial charge in [0.15, 0.2) is 5.82 Å². The van der Waals surface area contributed by atoms with Crippen molar-refractivity contribution in [3.8, 4) is 5.82 Å². The van der Waals surface area contributed by atoms with Gasteiger partial charge < -0.3 is 9.80 Å². The second kappa shape index (κ2) is 7.53. The number of halogens is 3. The van der Waals surface area contributed by atoms with Crippen LogP contribution in [0.25, 0.3) is 5.82 Å². The van der Waals surface area contributed by atoms with Gasteiger partial charge in [-0.05, 0) is 30.3 Å². The lowest BCUT2D eigenvalue weighted by Crippen LogP contribution is -2.49. The number of piperazine rings is 1. The smallest absolute Gasteiger partial charge is 0.353 e. The summed E-state index contributed by atoms with van der Waals surface area (Å²) in [5.74, 6) is 1.09. The molecular weight excluding hydrogens is 385 g/mol. The Morgan fingerprint density at radius 1 is 0.966 bits per heavy atom. The molecule has 1 aliphatic rings. The van der Waals surface area contributed by atoms with Crippen LogP contribution in [0.4, 0.5) is 19.0 Å². The molecule has 7 nitrogen and oxygen atoms in total. The molecule has 2 aromatic heterocycles. The molecule has 0 spiro atoms. The molecule has 0 bridgehead atoms. The lowest BCUT2D eigenvalue weighted by atomic mass is 10.1. The van der Waals surface area contributed by atoms with Crippen molar-refractivity contribution in [1.29, 1.82) is 0 Å². The van der Waals surface area contributed by atoms with Gasteiger partial charge in [0, 0.05) is 50.2 Å². The minimum atomic E-state index is -4.42. The molecule has 1 aromatic carbocycles. The largest absolute Gasteiger partial charge is 0.416 e. The number of hydrogen-bond donors (Lipinski definition) is 0. The highest BCUT2D eigenvalue weighted by molar-refractivity contribution is 5.94. The van der Waals surface area contributed by atoms with E-state index in [2.05, 4.69) is 15.1 Å². The SMILES string of the molecule is O=C(c1ccc(C(F)(F)F)cc1)N1CCN(c2cc(-n3cccn3)ncn2)CC1. The Labute approximate surface area is 164 Å². The first-order valence-electron chi connectivity index (χ1n) is 8.95. The molecule has 29 heavy (non-hydrogen) atoms.